The number of hydrogen-bond donors (Lipinski definition) is 1. The predicted octanol–water partition coefficient (Wildman–Crippen LogP) is 5.02. The first kappa shape index (κ1) is 17.1. The van der Waals surface area contributed by atoms with Crippen molar-refractivity contribution in [2.75, 3.05) is 7.11 Å². The lowest BCUT2D eigenvalue weighted by molar-refractivity contribution is 0.132. The summed E-state index contributed by atoms with van der Waals surface area (Å²) < 4.78 is 24.0. The number of ether oxygens (including phenoxy) is 2. The standard InChI is InChI=1S/C22H18FNO3/c1-26-19-7-3-6-17(13-19)21-20(24-22(25)27-21)16-5-2-4-15(12-16)14-8-10-18(23)11-9-14/h2-13,20-21H,1H3,(H,24,25)/t20-,21-/m0/s1. The number of hydrogen-bond acceptors (Lipinski definition) is 3. The minimum Gasteiger partial charge on any atom is -0.497 e. The fraction of sp³-hybridized carbons (Fsp3) is 0.136. The molecule has 1 aliphatic rings. The molecule has 1 saturated heterocycles. The summed E-state index contributed by atoms with van der Waals surface area (Å²) in [5.74, 6) is 0.429. The lowest BCUT2D eigenvalue weighted by Crippen LogP contribution is -2.19. The lowest BCUT2D eigenvalue weighted by Gasteiger charge is -2.19. The zero-order valence-electron chi connectivity index (χ0n) is 14.7. The van der Waals surface area contributed by atoms with Crippen LogP contribution in [0.1, 0.15) is 23.3 Å². The van der Waals surface area contributed by atoms with Crippen molar-refractivity contribution in [2.24, 2.45) is 0 Å². The Labute approximate surface area is 156 Å². The van der Waals surface area contributed by atoms with Crippen LogP contribution < -0.4 is 10.1 Å². The lowest BCUT2D eigenvalue weighted by atomic mass is 9.93. The summed E-state index contributed by atoms with van der Waals surface area (Å²) in [6.07, 6.45) is -0.920. The van der Waals surface area contributed by atoms with Crippen LogP contribution >= 0.6 is 0 Å². The maximum atomic E-state index is 13.2. The minimum atomic E-state index is -0.462. The molecule has 1 amide bonds. The molecule has 3 aromatic carbocycles. The molecule has 0 radical (unpaired) electrons. The largest absolute Gasteiger partial charge is 0.497 e. The van der Waals surface area contributed by atoms with E-state index in [1.54, 1.807) is 19.2 Å². The molecular weight excluding hydrogens is 345 g/mol. The minimum absolute atomic E-state index is 0.274. The number of carbonyl (C=O) groups excluding carboxylic acids is 1. The molecule has 0 aliphatic carbocycles. The maximum Gasteiger partial charge on any atom is 0.408 e. The Balaban J connectivity index is 1.69. The molecule has 4 rings (SSSR count). The molecule has 1 heterocycles. The van der Waals surface area contributed by atoms with Crippen molar-refractivity contribution in [2.45, 2.75) is 12.1 Å². The van der Waals surface area contributed by atoms with E-state index in [0.717, 1.165) is 22.3 Å². The molecule has 0 saturated carbocycles. The Kier molecular flexibility index (Phi) is 4.50. The topological polar surface area (TPSA) is 47.6 Å². The van der Waals surface area contributed by atoms with Gasteiger partial charge in [0.2, 0.25) is 0 Å². The van der Waals surface area contributed by atoms with Crippen LogP contribution in [0.15, 0.2) is 72.8 Å². The highest BCUT2D eigenvalue weighted by Crippen LogP contribution is 2.38. The van der Waals surface area contributed by atoms with Crippen LogP contribution in [0.25, 0.3) is 11.1 Å². The van der Waals surface area contributed by atoms with Crippen LogP contribution in [0.3, 0.4) is 0 Å². The second kappa shape index (κ2) is 7.11. The number of rotatable bonds is 4. The average Bonchev–Trinajstić information content (AvgIpc) is 3.10. The van der Waals surface area contributed by atoms with Crippen molar-refractivity contribution >= 4 is 6.09 Å². The van der Waals surface area contributed by atoms with Gasteiger partial charge in [0.05, 0.1) is 13.2 Å². The first-order valence-electron chi connectivity index (χ1n) is 8.61. The molecule has 2 atom stereocenters. The molecule has 0 spiro atoms. The van der Waals surface area contributed by atoms with Gasteiger partial charge in [-0.1, -0.05) is 42.5 Å². The van der Waals surface area contributed by atoms with Crippen molar-refractivity contribution in [1.29, 1.82) is 0 Å². The Hall–Kier alpha value is -3.34. The van der Waals surface area contributed by atoms with E-state index >= 15 is 0 Å². The summed E-state index contributed by atoms with van der Waals surface area (Å²) in [6, 6.07) is 21.3. The van der Waals surface area contributed by atoms with Gasteiger partial charge in [-0.2, -0.15) is 0 Å². The van der Waals surface area contributed by atoms with Crippen molar-refractivity contribution in [3.05, 3.63) is 89.7 Å². The molecule has 27 heavy (non-hydrogen) atoms. The average molecular weight is 363 g/mol. The number of cyclic esters (lactones) is 1. The number of alkyl carbamates (subject to hydrolysis) is 1. The summed E-state index contributed by atoms with van der Waals surface area (Å²) in [7, 11) is 1.60. The molecule has 0 aromatic heterocycles. The second-order valence-electron chi connectivity index (χ2n) is 6.36. The molecule has 1 N–H and O–H groups in total. The van der Waals surface area contributed by atoms with Crippen molar-refractivity contribution in [3.8, 4) is 16.9 Å². The third kappa shape index (κ3) is 3.49. The van der Waals surface area contributed by atoms with Gasteiger partial charge in [0.15, 0.2) is 6.10 Å². The highest BCUT2D eigenvalue weighted by Gasteiger charge is 2.36. The van der Waals surface area contributed by atoms with Gasteiger partial charge in [-0.15, -0.1) is 0 Å². The molecular formula is C22H18FNO3. The van der Waals surface area contributed by atoms with E-state index in [-0.39, 0.29) is 11.9 Å². The highest BCUT2D eigenvalue weighted by atomic mass is 19.1. The van der Waals surface area contributed by atoms with Gasteiger partial charge in [-0.25, -0.2) is 9.18 Å². The number of halogens is 1. The summed E-state index contributed by atoms with van der Waals surface area (Å²) >= 11 is 0. The molecule has 3 aromatic rings. The van der Waals surface area contributed by atoms with Gasteiger partial charge in [0.1, 0.15) is 11.6 Å². The first-order chi connectivity index (χ1) is 13.1. The number of benzene rings is 3. The van der Waals surface area contributed by atoms with E-state index in [9.17, 15) is 9.18 Å². The quantitative estimate of drug-likeness (QED) is 0.708. The smallest absolute Gasteiger partial charge is 0.408 e. The van der Waals surface area contributed by atoms with Crippen molar-refractivity contribution in [3.63, 3.8) is 0 Å². The Bertz CT molecular complexity index is 971. The summed E-state index contributed by atoms with van der Waals surface area (Å²) in [5, 5.41) is 2.88. The Morgan fingerprint density at radius 3 is 2.44 bits per heavy atom. The second-order valence-corrected chi connectivity index (χ2v) is 6.36. The molecule has 0 unspecified atom stereocenters. The van der Waals surface area contributed by atoms with E-state index in [0.29, 0.717) is 5.75 Å². The monoisotopic (exact) mass is 363 g/mol. The number of methoxy groups -OCH3 is 1. The zero-order chi connectivity index (χ0) is 18.8. The maximum absolute atomic E-state index is 13.2. The van der Waals surface area contributed by atoms with E-state index in [1.165, 1.54) is 12.1 Å². The summed E-state index contributed by atoms with van der Waals surface area (Å²) in [4.78, 5) is 12.0. The van der Waals surface area contributed by atoms with Crippen LogP contribution in [0.2, 0.25) is 0 Å². The van der Waals surface area contributed by atoms with Crippen molar-refractivity contribution in [1.82, 2.24) is 5.32 Å². The van der Waals surface area contributed by atoms with Crippen molar-refractivity contribution < 1.29 is 18.7 Å². The molecule has 5 heteroatoms. The van der Waals surface area contributed by atoms with Crippen LogP contribution in [0.4, 0.5) is 9.18 Å². The number of carbonyl (C=O) groups is 1. The number of amides is 1. The summed E-state index contributed by atoms with van der Waals surface area (Å²) in [5.41, 5.74) is 3.61. The van der Waals surface area contributed by atoms with E-state index < -0.39 is 12.2 Å². The Morgan fingerprint density at radius 2 is 1.67 bits per heavy atom. The van der Waals surface area contributed by atoms with Crippen LogP contribution in [-0.4, -0.2) is 13.2 Å². The fourth-order valence-corrected chi connectivity index (χ4v) is 3.31. The molecule has 1 aliphatic heterocycles. The van der Waals surface area contributed by atoms with Gasteiger partial charge in [-0.05, 0) is 52.6 Å². The van der Waals surface area contributed by atoms with E-state index in [4.69, 9.17) is 9.47 Å². The SMILES string of the molecule is COc1cccc([C@@H]2OC(=O)N[C@H]2c2cccc(-c3ccc(F)cc3)c2)c1. The van der Waals surface area contributed by atoms with Crippen LogP contribution in [-0.2, 0) is 4.74 Å². The number of nitrogens with one attached hydrogen (secondary N) is 1. The summed E-state index contributed by atoms with van der Waals surface area (Å²) in [6.45, 7) is 0. The van der Waals surface area contributed by atoms with Gasteiger partial charge in [0, 0.05) is 0 Å². The molecule has 4 nitrogen and oxygen atoms in total. The van der Waals surface area contributed by atoms with E-state index in [2.05, 4.69) is 5.32 Å². The fourth-order valence-electron chi connectivity index (χ4n) is 3.31. The van der Waals surface area contributed by atoms with Gasteiger partial charge in [-0.3, -0.25) is 0 Å². The van der Waals surface area contributed by atoms with Crippen LogP contribution in [0, 0.1) is 5.82 Å². The van der Waals surface area contributed by atoms with Gasteiger partial charge >= 0.3 is 6.09 Å². The molecule has 136 valence electrons. The predicted molar refractivity (Wildman–Crippen MR) is 99.9 cm³/mol. The third-order valence-corrected chi connectivity index (χ3v) is 4.66. The highest BCUT2D eigenvalue weighted by molar-refractivity contribution is 5.72. The Morgan fingerprint density at radius 1 is 0.926 bits per heavy atom. The van der Waals surface area contributed by atoms with Crippen LogP contribution in [0.5, 0.6) is 5.75 Å². The first-order valence-corrected chi connectivity index (χ1v) is 8.61. The normalized spacial score (nSPS) is 18.7. The zero-order valence-corrected chi connectivity index (χ0v) is 14.7. The van der Waals surface area contributed by atoms with Gasteiger partial charge < -0.3 is 14.8 Å². The molecule has 1 fully saturated rings. The van der Waals surface area contributed by atoms with E-state index in [1.807, 2.05) is 48.5 Å². The molecule has 0 bridgehead atoms. The van der Waals surface area contributed by atoms with Gasteiger partial charge in [0.25, 0.3) is 0 Å². The third-order valence-electron chi connectivity index (χ3n) is 4.66.